The number of carbonyl (C=O) groups excluding carboxylic acids is 2. The van der Waals surface area contributed by atoms with Gasteiger partial charge >= 0.3 is 5.97 Å². The third-order valence-corrected chi connectivity index (χ3v) is 5.92. The number of nitrogens with zero attached hydrogens (tertiary/aromatic N) is 1. The van der Waals surface area contributed by atoms with E-state index in [0.29, 0.717) is 35.7 Å². The van der Waals surface area contributed by atoms with Crippen LogP contribution in [0.1, 0.15) is 81.1 Å². The van der Waals surface area contributed by atoms with Gasteiger partial charge in [-0.3, -0.25) is 4.79 Å². The Hall–Kier alpha value is -3.67. The molecule has 1 N–H and O–H groups in total. The average molecular weight is 489 g/mol. The summed E-state index contributed by atoms with van der Waals surface area (Å²) < 4.78 is 11.2. The van der Waals surface area contributed by atoms with Crippen molar-refractivity contribution in [3.05, 3.63) is 71.8 Å². The number of nitrogens with one attached hydrogen (secondary N) is 1. The van der Waals surface area contributed by atoms with Gasteiger partial charge in [0.05, 0.1) is 18.4 Å². The van der Waals surface area contributed by atoms with Gasteiger partial charge in [-0.25, -0.2) is 10.2 Å². The van der Waals surface area contributed by atoms with Crippen molar-refractivity contribution in [2.45, 2.75) is 65.2 Å². The highest BCUT2D eigenvalue weighted by Gasteiger charge is 2.14. The van der Waals surface area contributed by atoms with E-state index in [1.807, 2.05) is 37.3 Å². The van der Waals surface area contributed by atoms with Gasteiger partial charge in [-0.1, -0.05) is 75.8 Å². The molecule has 0 radical (unpaired) electrons. The summed E-state index contributed by atoms with van der Waals surface area (Å²) in [4.78, 5) is 25.0. The molecule has 0 aromatic heterocycles. The number of esters is 1. The minimum absolute atomic E-state index is 0.118. The van der Waals surface area contributed by atoms with Crippen LogP contribution in [0.3, 0.4) is 0 Å². The Kier molecular flexibility index (Phi) is 11.0. The molecule has 36 heavy (non-hydrogen) atoms. The van der Waals surface area contributed by atoms with Crippen LogP contribution < -0.4 is 14.9 Å². The van der Waals surface area contributed by atoms with Crippen LogP contribution in [-0.4, -0.2) is 24.7 Å². The lowest BCUT2D eigenvalue weighted by Gasteiger charge is -2.11. The zero-order chi connectivity index (χ0) is 25.6. The van der Waals surface area contributed by atoms with Gasteiger partial charge in [0.25, 0.3) is 0 Å². The summed E-state index contributed by atoms with van der Waals surface area (Å²) >= 11 is 0. The normalized spacial score (nSPS) is 11.1. The first kappa shape index (κ1) is 26.9. The minimum atomic E-state index is -0.481. The van der Waals surface area contributed by atoms with E-state index in [9.17, 15) is 9.59 Å². The molecule has 0 aliphatic rings. The highest BCUT2D eigenvalue weighted by atomic mass is 16.5. The quantitative estimate of drug-likeness (QED) is 0.0867. The van der Waals surface area contributed by atoms with E-state index in [4.69, 9.17) is 9.47 Å². The molecule has 0 bridgehead atoms. The molecule has 1 amide bonds. The van der Waals surface area contributed by atoms with E-state index in [1.54, 1.807) is 36.5 Å². The number of hydrazone groups is 1. The second-order valence-electron chi connectivity index (χ2n) is 8.71. The summed E-state index contributed by atoms with van der Waals surface area (Å²) in [7, 11) is 0. The maximum Gasteiger partial charge on any atom is 0.343 e. The van der Waals surface area contributed by atoms with Gasteiger partial charge < -0.3 is 9.47 Å². The minimum Gasteiger partial charge on any atom is -0.494 e. The molecular formula is C30H36N2O4. The molecule has 0 heterocycles. The highest BCUT2D eigenvalue weighted by Crippen LogP contribution is 2.27. The molecule has 6 heteroatoms. The summed E-state index contributed by atoms with van der Waals surface area (Å²) in [5.41, 5.74) is 3.66. The van der Waals surface area contributed by atoms with Crippen molar-refractivity contribution in [1.82, 2.24) is 5.43 Å². The Morgan fingerprint density at radius 3 is 2.33 bits per heavy atom. The molecule has 0 aliphatic carbocycles. The molecule has 3 aromatic rings. The van der Waals surface area contributed by atoms with Crippen molar-refractivity contribution in [3.8, 4) is 11.5 Å². The number of benzene rings is 3. The lowest BCUT2D eigenvalue weighted by atomic mass is 10.0. The van der Waals surface area contributed by atoms with E-state index in [2.05, 4.69) is 17.5 Å². The average Bonchev–Trinajstić information content (AvgIpc) is 2.89. The number of carbonyl (C=O) groups is 2. The molecule has 0 saturated carbocycles. The van der Waals surface area contributed by atoms with Crippen LogP contribution in [0, 0.1) is 0 Å². The van der Waals surface area contributed by atoms with Gasteiger partial charge in [-0.15, -0.1) is 0 Å². The van der Waals surface area contributed by atoms with Gasteiger partial charge in [0, 0.05) is 12.0 Å². The zero-order valence-corrected chi connectivity index (χ0v) is 21.3. The molecule has 0 aliphatic heterocycles. The molecule has 3 aromatic carbocycles. The van der Waals surface area contributed by atoms with Crippen LogP contribution in [0.15, 0.2) is 65.8 Å². The van der Waals surface area contributed by atoms with Crippen molar-refractivity contribution in [1.29, 1.82) is 0 Å². The van der Waals surface area contributed by atoms with Gasteiger partial charge in [-0.2, -0.15) is 5.10 Å². The summed E-state index contributed by atoms with van der Waals surface area (Å²) in [6.45, 7) is 4.67. The number of amides is 1. The van der Waals surface area contributed by atoms with Crippen LogP contribution >= 0.6 is 0 Å². The number of ether oxygens (including phenoxy) is 2. The molecule has 0 saturated heterocycles. The van der Waals surface area contributed by atoms with Crippen LogP contribution in [0.25, 0.3) is 10.8 Å². The van der Waals surface area contributed by atoms with E-state index in [0.717, 1.165) is 30.0 Å². The van der Waals surface area contributed by atoms with E-state index >= 15 is 0 Å². The van der Waals surface area contributed by atoms with Crippen molar-refractivity contribution in [2.24, 2.45) is 5.10 Å². The second-order valence-corrected chi connectivity index (χ2v) is 8.71. The Morgan fingerprint density at radius 1 is 0.861 bits per heavy atom. The maximum atomic E-state index is 12.8. The molecular weight excluding hydrogens is 452 g/mol. The summed E-state index contributed by atoms with van der Waals surface area (Å²) in [5.74, 6) is 0.469. The van der Waals surface area contributed by atoms with Crippen molar-refractivity contribution < 1.29 is 19.1 Å². The van der Waals surface area contributed by atoms with Crippen LogP contribution in [0.5, 0.6) is 11.5 Å². The fraction of sp³-hybridized carbons (Fsp3) is 0.367. The van der Waals surface area contributed by atoms with Crippen molar-refractivity contribution in [3.63, 3.8) is 0 Å². The predicted octanol–water partition coefficient (Wildman–Crippen LogP) is 7.05. The van der Waals surface area contributed by atoms with Crippen molar-refractivity contribution >= 4 is 28.9 Å². The Bertz CT molecular complexity index is 1160. The standard InChI is InChI=1S/C30H36N2O4/c1-3-5-6-7-8-9-10-15-29(33)32-31-22-27-26-14-12-11-13-23(26)18-21-28(27)36-30(34)24-16-19-25(20-17-24)35-4-2/h11-14,16-22H,3-10,15H2,1-2H3,(H,32,33)/b31-22-. The Labute approximate surface area is 213 Å². The van der Waals surface area contributed by atoms with Gasteiger partial charge in [0.2, 0.25) is 5.91 Å². The molecule has 0 unspecified atom stereocenters. The summed E-state index contributed by atoms with van der Waals surface area (Å²) in [6, 6.07) is 18.2. The molecule has 6 nitrogen and oxygen atoms in total. The third-order valence-electron chi connectivity index (χ3n) is 5.92. The Balaban J connectivity index is 1.64. The largest absolute Gasteiger partial charge is 0.494 e. The second kappa shape index (κ2) is 14.7. The number of unbranched alkanes of at least 4 members (excludes halogenated alkanes) is 6. The molecule has 3 rings (SSSR count). The van der Waals surface area contributed by atoms with E-state index in [-0.39, 0.29) is 5.91 Å². The van der Waals surface area contributed by atoms with Gasteiger partial charge in [0.15, 0.2) is 0 Å². The highest BCUT2D eigenvalue weighted by molar-refractivity contribution is 6.04. The number of hydrogen-bond acceptors (Lipinski definition) is 5. The fourth-order valence-corrected chi connectivity index (χ4v) is 3.98. The van der Waals surface area contributed by atoms with Gasteiger partial charge in [-0.05, 0) is 54.4 Å². The molecule has 190 valence electrons. The molecule has 0 spiro atoms. The third kappa shape index (κ3) is 8.22. The summed E-state index contributed by atoms with van der Waals surface area (Å²) in [6.07, 6.45) is 10.1. The van der Waals surface area contributed by atoms with Crippen LogP contribution in [0.2, 0.25) is 0 Å². The molecule has 0 fully saturated rings. The predicted molar refractivity (Wildman–Crippen MR) is 145 cm³/mol. The number of fused-ring (bicyclic) bond motifs is 1. The smallest absolute Gasteiger partial charge is 0.343 e. The molecule has 0 atom stereocenters. The first-order valence-corrected chi connectivity index (χ1v) is 12.9. The maximum absolute atomic E-state index is 12.8. The number of rotatable bonds is 14. The van der Waals surface area contributed by atoms with Gasteiger partial charge in [0.1, 0.15) is 11.5 Å². The van der Waals surface area contributed by atoms with E-state index in [1.165, 1.54) is 25.7 Å². The number of hydrogen-bond donors (Lipinski definition) is 1. The monoisotopic (exact) mass is 488 g/mol. The fourth-order valence-electron chi connectivity index (χ4n) is 3.98. The topological polar surface area (TPSA) is 77.0 Å². The zero-order valence-electron chi connectivity index (χ0n) is 21.3. The van der Waals surface area contributed by atoms with E-state index < -0.39 is 5.97 Å². The lowest BCUT2D eigenvalue weighted by Crippen LogP contribution is -2.17. The first-order chi connectivity index (χ1) is 17.6. The SMILES string of the molecule is CCCCCCCCCC(=O)N/N=C\c1c(OC(=O)c2ccc(OCC)cc2)ccc2ccccc12. The van der Waals surface area contributed by atoms with Crippen LogP contribution in [0.4, 0.5) is 0 Å². The first-order valence-electron chi connectivity index (χ1n) is 12.9. The van der Waals surface area contributed by atoms with Crippen molar-refractivity contribution in [2.75, 3.05) is 6.61 Å². The summed E-state index contributed by atoms with van der Waals surface area (Å²) in [5, 5.41) is 6.03. The lowest BCUT2D eigenvalue weighted by molar-refractivity contribution is -0.121. The Morgan fingerprint density at radius 2 is 1.58 bits per heavy atom. The van der Waals surface area contributed by atoms with Crippen LogP contribution in [-0.2, 0) is 4.79 Å².